The van der Waals surface area contributed by atoms with Crippen LogP contribution in [0.2, 0.25) is 0 Å². The molecule has 0 fully saturated rings. The average Bonchev–Trinajstić information content (AvgIpc) is 2.29. The number of hydrogen-bond acceptors (Lipinski definition) is 4. The molecule has 1 heterocycles. The fourth-order valence-electron chi connectivity index (χ4n) is 1.71. The molecule has 0 aliphatic heterocycles. The molecule has 0 saturated heterocycles. The highest BCUT2D eigenvalue weighted by Crippen LogP contribution is 2.30. The van der Waals surface area contributed by atoms with Gasteiger partial charge in [-0.05, 0) is 18.1 Å². The van der Waals surface area contributed by atoms with Crippen molar-refractivity contribution in [2.24, 2.45) is 0 Å². The Balaban J connectivity index is 2.64. The lowest BCUT2D eigenvalue weighted by Gasteiger charge is -2.10. The van der Waals surface area contributed by atoms with Crippen molar-refractivity contribution in [2.75, 3.05) is 11.5 Å². The van der Waals surface area contributed by atoms with Gasteiger partial charge in [-0.2, -0.15) is 4.98 Å². The third kappa shape index (κ3) is 2.10. The van der Waals surface area contributed by atoms with Crippen molar-refractivity contribution in [1.82, 2.24) is 9.97 Å². The molecule has 0 spiro atoms. The van der Waals surface area contributed by atoms with Crippen LogP contribution < -0.4 is 11.5 Å². The van der Waals surface area contributed by atoms with Gasteiger partial charge in [0, 0.05) is 11.8 Å². The third-order valence-electron chi connectivity index (χ3n) is 2.51. The first-order chi connectivity index (χ1) is 8.09. The number of rotatable bonds is 2. The molecule has 4 nitrogen and oxygen atoms in total. The second-order valence-electron chi connectivity index (χ2n) is 3.85. The van der Waals surface area contributed by atoms with Gasteiger partial charge in [0.15, 0.2) is 0 Å². The summed E-state index contributed by atoms with van der Waals surface area (Å²) in [5, 5.41) is 0. The van der Waals surface area contributed by atoms with Crippen molar-refractivity contribution in [3.63, 3.8) is 0 Å². The van der Waals surface area contributed by atoms with Crippen LogP contribution in [-0.2, 0) is 0 Å². The number of nitrogens with two attached hydrogens (primary N) is 2. The van der Waals surface area contributed by atoms with E-state index < -0.39 is 0 Å². The highest BCUT2D eigenvalue weighted by atomic mass is 15.0. The maximum Gasteiger partial charge on any atom is 0.221 e. The van der Waals surface area contributed by atoms with Crippen LogP contribution in [-0.4, -0.2) is 9.97 Å². The summed E-state index contributed by atoms with van der Waals surface area (Å²) in [6.45, 7) is 5.90. The van der Waals surface area contributed by atoms with Gasteiger partial charge in [-0.15, -0.1) is 0 Å². The second-order valence-corrected chi connectivity index (χ2v) is 3.85. The van der Waals surface area contributed by atoms with Crippen molar-refractivity contribution in [3.8, 4) is 11.1 Å². The summed E-state index contributed by atoms with van der Waals surface area (Å²) >= 11 is 0. The second kappa shape index (κ2) is 4.25. The lowest BCUT2D eigenvalue weighted by molar-refractivity contribution is 1.20. The van der Waals surface area contributed by atoms with Crippen LogP contribution in [0.1, 0.15) is 12.5 Å². The molecule has 86 valence electrons. The van der Waals surface area contributed by atoms with E-state index in [1.54, 1.807) is 6.20 Å². The molecular weight excluding hydrogens is 212 g/mol. The van der Waals surface area contributed by atoms with E-state index in [1.165, 1.54) is 0 Å². The van der Waals surface area contributed by atoms with E-state index in [9.17, 15) is 0 Å². The van der Waals surface area contributed by atoms with Crippen LogP contribution >= 0.6 is 0 Å². The summed E-state index contributed by atoms with van der Waals surface area (Å²) in [4.78, 5) is 7.94. The smallest absolute Gasteiger partial charge is 0.221 e. The van der Waals surface area contributed by atoms with Gasteiger partial charge in [0.05, 0.1) is 0 Å². The SMILES string of the molecule is C=C(C)c1ccccc1-c1cnc(N)nc1N. The lowest BCUT2D eigenvalue weighted by Crippen LogP contribution is -2.01. The largest absolute Gasteiger partial charge is 0.383 e. The van der Waals surface area contributed by atoms with Crippen molar-refractivity contribution < 1.29 is 0 Å². The van der Waals surface area contributed by atoms with E-state index in [0.717, 1.165) is 22.3 Å². The van der Waals surface area contributed by atoms with Gasteiger partial charge in [0.25, 0.3) is 0 Å². The minimum absolute atomic E-state index is 0.180. The Kier molecular flexibility index (Phi) is 2.78. The Bertz CT molecular complexity index is 575. The molecule has 0 aliphatic rings. The van der Waals surface area contributed by atoms with Crippen molar-refractivity contribution in [2.45, 2.75) is 6.92 Å². The zero-order valence-corrected chi connectivity index (χ0v) is 9.64. The van der Waals surface area contributed by atoms with E-state index in [1.807, 2.05) is 31.2 Å². The molecule has 0 unspecified atom stereocenters. The van der Waals surface area contributed by atoms with Crippen LogP contribution in [0.5, 0.6) is 0 Å². The Labute approximate surface area is 100 Å². The van der Waals surface area contributed by atoms with Gasteiger partial charge in [0.1, 0.15) is 5.82 Å². The molecule has 17 heavy (non-hydrogen) atoms. The van der Waals surface area contributed by atoms with Crippen LogP contribution in [0.3, 0.4) is 0 Å². The summed E-state index contributed by atoms with van der Waals surface area (Å²) in [6.07, 6.45) is 1.64. The molecular formula is C13H14N4. The van der Waals surface area contributed by atoms with Crippen molar-refractivity contribution in [1.29, 1.82) is 0 Å². The molecule has 1 aromatic heterocycles. The number of nitrogens with zero attached hydrogens (tertiary/aromatic N) is 2. The Morgan fingerprint density at radius 2 is 1.88 bits per heavy atom. The fraction of sp³-hybridized carbons (Fsp3) is 0.0769. The number of aromatic nitrogens is 2. The van der Waals surface area contributed by atoms with Crippen molar-refractivity contribution >= 4 is 17.3 Å². The Morgan fingerprint density at radius 3 is 2.53 bits per heavy atom. The van der Waals surface area contributed by atoms with Gasteiger partial charge in [-0.3, -0.25) is 0 Å². The maximum atomic E-state index is 5.86. The molecule has 0 amide bonds. The quantitative estimate of drug-likeness (QED) is 0.823. The Morgan fingerprint density at radius 1 is 1.18 bits per heavy atom. The Hall–Kier alpha value is -2.36. The summed E-state index contributed by atoms with van der Waals surface area (Å²) in [6, 6.07) is 7.86. The molecule has 0 atom stereocenters. The lowest BCUT2D eigenvalue weighted by atomic mass is 9.97. The first-order valence-electron chi connectivity index (χ1n) is 5.23. The predicted molar refractivity (Wildman–Crippen MR) is 71.0 cm³/mol. The van der Waals surface area contributed by atoms with Crippen LogP contribution in [0.4, 0.5) is 11.8 Å². The van der Waals surface area contributed by atoms with Gasteiger partial charge in [0.2, 0.25) is 5.95 Å². The fourth-order valence-corrected chi connectivity index (χ4v) is 1.71. The molecule has 4 N–H and O–H groups in total. The number of nitrogen functional groups attached to an aromatic ring is 2. The van der Waals surface area contributed by atoms with E-state index >= 15 is 0 Å². The average molecular weight is 226 g/mol. The zero-order valence-electron chi connectivity index (χ0n) is 9.64. The predicted octanol–water partition coefficient (Wildman–Crippen LogP) is 2.34. The van der Waals surface area contributed by atoms with Gasteiger partial charge in [-0.1, -0.05) is 36.4 Å². The molecule has 1 aromatic carbocycles. The number of anilines is 2. The first kappa shape index (κ1) is 11.1. The van der Waals surface area contributed by atoms with Crippen LogP contribution in [0.15, 0.2) is 37.0 Å². The third-order valence-corrected chi connectivity index (χ3v) is 2.51. The molecule has 2 rings (SSSR count). The molecule has 0 saturated carbocycles. The van der Waals surface area contributed by atoms with E-state index in [2.05, 4.69) is 16.5 Å². The zero-order chi connectivity index (χ0) is 12.4. The van der Waals surface area contributed by atoms with Crippen molar-refractivity contribution in [3.05, 3.63) is 42.6 Å². The monoisotopic (exact) mass is 226 g/mol. The topological polar surface area (TPSA) is 77.8 Å². The van der Waals surface area contributed by atoms with Gasteiger partial charge in [-0.25, -0.2) is 4.98 Å². The highest BCUT2D eigenvalue weighted by molar-refractivity contribution is 5.84. The number of benzene rings is 1. The maximum absolute atomic E-state index is 5.86. The normalized spacial score (nSPS) is 10.2. The number of hydrogen-bond donors (Lipinski definition) is 2. The van der Waals surface area contributed by atoms with Crippen LogP contribution in [0, 0.1) is 0 Å². The molecule has 0 radical (unpaired) electrons. The molecule has 0 aliphatic carbocycles. The minimum Gasteiger partial charge on any atom is -0.383 e. The standard InChI is InChI=1S/C13H14N4/c1-8(2)9-5-3-4-6-10(9)11-7-16-13(15)17-12(11)14/h3-7H,1H2,2H3,(H4,14,15,16,17). The van der Waals surface area contributed by atoms with Gasteiger partial charge < -0.3 is 11.5 Å². The summed E-state index contributed by atoms with van der Waals surface area (Å²) in [5.74, 6) is 0.560. The summed E-state index contributed by atoms with van der Waals surface area (Å²) < 4.78 is 0. The van der Waals surface area contributed by atoms with Gasteiger partial charge >= 0.3 is 0 Å². The summed E-state index contributed by atoms with van der Waals surface area (Å²) in [7, 11) is 0. The van der Waals surface area contributed by atoms with Crippen LogP contribution in [0.25, 0.3) is 16.7 Å². The highest BCUT2D eigenvalue weighted by Gasteiger charge is 2.09. The number of allylic oxidation sites excluding steroid dienone is 1. The molecule has 0 bridgehead atoms. The summed E-state index contributed by atoms with van der Waals surface area (Å²) in [5.41, 5.74) is 15.1. The molecule has 4 heteroatoms. The first-order valence-corrected chi connectivity index (χ1v) is 5.23. The van der Waals surface area contributed by atoms with E-state index in [4.69, 9.17) is 11.5 Å². The van der Waals surface area contributed by atoms with E-state index in [0.29, 0.717) is 5.82 Å². The van der Waals surface area contributed by atoms with E-state index in [-0.39, 0.29) is 5.95 Å². The molecule has 2 aromatic rings. The minimum atomic E-state index is 0.180.